The minimum absolute atomic E-state index is 0.0495. The number of halogens is 1. The first-order valence-electron chi connectivity index (χ1n) is 14.0. The van der Waals surface area contributed by atoms with Gasteiger partial charge in [0.05, 0.1) is 37.3 Å². The lowest BCUT2D eigenvalue weighted by Gasteiger charge is -2.21. The van der Waals surface area contributed by atoms with E-state index in [1.165, 1.54) is 16.6 Å². The van der Waals surface area contributed by atoms with Crippen molar-refractivity contribution in [2.45, 2.75) is 30.3 Å². The molecule has 1 atom stereocenters. The zero-order valence-electron chi connectivity index (χ0n) is 24.4. The van der Waals surface area contributed by atoms with Gasteiger partial charge in [-0.25, -0.2) is 13.4 Å². The molecule has 3 aromatic rings. The number of likely N-dealkylation sites (N-methyl/N-ethyl adjacent to an activating group) is 1. The number of amides is 1. The van der Waals surface area contributed by atoms with Crippen molar-refractivity contribution in [1.82, 2.24) is 24.1 Å². The summed E-state index contributed by atoms with van der Waals surface area (Å²) in [6.45, 7) is 2.20. The molecule has 0 spiro atoms. The molecular formula is C29H36ClN7O5S. The quantitative estimate of drug-likeness (QED) is 0.324. The van der Waals surface area contributed by atoms with Crippen molar-refractivity contribution < 1.29 is 23.1 Å². The number of fused-ring (bicyclic) bond motifs is 1. The van der Waals surface area contributed by atoms with Crippen molar-refractivity contribution in [1.29, 1.82) is 0 Å². The molecule has 1 amide bonds. The van der Waals surface area contributed by atoms with Gasteiger partial charge in [0.2, 0.25) is 21.9 Å². The lowest BCUT2D eigenvalue weighted by molar-refractivity contribution is -0.129. The van der Waals surface area contributed by atoms with Crippen LogP contribution in [0.1, 0.15) is 17.5 Å². The number of carbonyl (C=O) groups excluding carboxylic acids is 1. The number of aliphatic hydroxyl groups is 1. The Morgan fingerprint density at radius 1 is 1.12 bits per heavy atom. The Morgan fingerprint density at radius 3 is 2.51 bits per heavy atom. The Balaban J connectivity index is 1.37. The van der Waals surface area contributed by atoms with Crippen LogP contribution in [0.5, 0.6) is 5.75 Å². The van der Waals surface area contributed by atoms with Gasteiger partial charge in [0.1, 0.15) is 15.7 Å². The molecule has 2 aliphatic heterocycles. The van der Waals surface area contributed by atoms with E-state index < -0.39 is 16.1 Å². The van der Waals surface area contributed by atoms with Gasteiger partial charge in [-0.3, -0.25) is 9.69 Å². The van der Waals surface area contributed by atoms with Gasteiger partial charge >= 0.3 is 0 Å². The number of hydrogen-bond donors (Lipinski definition) is 3. The molecule has 0 unspecified atom stereocenters. The average molecular weight is 630 g/mol. The molecule has 230 valence electrons. The lowest BCUT2D eigenvalue weighted by atomic mass is 10.0. The molecule has 0 radical (unpaired) electrons. The number of β-amino-alcohol motifs (C(OH)–C–C–N with tert-alkyl or cyclic N) is 1. The third-order valence-electron chi connectivity index (χ3n) is 7.65. The largest absolute Gasteiger partial charge is 0.495 e. The predicted molar refractivity (Wildman–Crippen MR) is 165 cm³/mol. The van der Waals surface area contributed by atoms with Crippen LogP contribution in [0.25, 0.3) is 0 Å². The Hall–Kier alpha value is -3.49. The molecular weight excluding hydrogens is 594 g/mol. The van der Waals surface area contributed by atoms with E-state index in [1.807, 2.05) is 12.1 Å². The van der Waals surface area contributed by atoms with Crippen molar-refractivity contribution in [3.8, 4) is 5.75 Å². The number of para-hydroxylation sites is 1. The molecule has 12 nitrogen and oxygen atoms in total. The van der Waals surface area contributed by atoms with E-state index >= 15 is 0 Å². The van der Waals surface area contributed by atoms with E-state index in [4.69, 9.17) is 16.3 Å². The number of benzene rings is 2. The number of methoxy groups -OCH3 is 1. The number of aromatic nitrogens is 2. The topological polar surface area (TPSA) is 140 Å². The van der Waals surface area contributed by atoms with Gasteiger partial charge < -0.3 is 25.4 Å². The first-order chi connectivity index (χ1) is 20.5. The molecule has 14 heteroatoms. The van der Waals surface area contributed by atoms with Crippen LogP contribution in [0.2, 0.25) is 5.02 Å². The first kappa shape index (κ1) is 31.0. The Bertz CT molecular complexity index is 1600. The molecule has 3 heterocycles. The maximum Gasteiger partial charge on any atom is 0.245 e. The minimum Gasteiger partial charge on any atom is -0.495 e. The molecule has 3 N–H and O–H groups in total. The van der Waals surface area contributed by atoms with E-state index in [2.05, 4.69) is 25.5 Å². The van der Waals surface area contributed by atoms with Crippen LogP contribution in [-0.4, -0.2) is 104 Å². The minimum atomic E-state index is -3.86. The van der Waals surface area contributed by atoms with Crippen molar-refractivity contribution in [2.24, 2.45) is 0 Å². The standard InChI is InChI=1S/C29H36ClN7O5S/c1-35(2)27(39)18-36-11-8-19-14-24(25(42-3)15-20(19)9-12-36)33-29-31-16-22(30)28(34-29)32-23-6-4-5-7-26(23)43(40,41)37-13-10-21(38)17-37/h4-7,14-16,21,38H,8-13,17-18H2,1-3H3,(H2,31,32,33,34)/t21-/m1/s1. The van der Waals surface area contributed by atoms with Crippen molar-refractivity contribution in [2.75, 3.05) is 64.6 Å². The van der Waals surface area contributed by atoms with Gasteiger partial charge in [0.15, 0.2) is 5.82 Å². The number of sulfonamides is 1. The zero-order valence-corrected chi connectivity index (χ0v) is 26.0. The fourth-order valence-electron chi connectivity index (χ4n) is 5.18. The molecule has 1 fully saturated rings. The third-order valence-corrected chi connectivity index (χ3v) is 9.85. The van der Waals surface area contributed by atoms with Crippen LogP contribution in [0.15, 0.2) is 47.5 Å². The van der Waals surface area contributed by atoms with E-state index in [9.17, 15) is 18.3 Å². The maximum atomic E-state index is 13.4. The van der Waals surface area contributed by atoms with Gasteiger partial charge in [0, 0.05) is 40.3 Å². The average Bonchev–Trinajstić information content (AvgIpc) is 3.34. The van der Waals surface area contributed by atoms with Gasteiger partial charge in [-0.15, -0.1) is 0 Å². The van der Waals surface area contributed by atoms with Crippen molar-refractivity contribution in [3.63, 3.8) is 0 Å². The van der Waals surface area contributed by atoms with E-state index in [0.717, 1.165) is 37.1 Å². The first-order valence-corrected chi connectivity index (χ1v) is 15.8. The van der Waals surface area contributed by atoms with Crippen LogP contribution < -0.4 is 15.4 Å². The predicted octanol–water partition coefficient (Wildman–Crippen LogP) is 2.87. The van der Waals surface area contributed by atoms with Gasteiger partial charge in [0.25, 0.3) is 0 Å². The van der Waals surface area contributed by atoms with Crippen LogP contribution in [0.4, 0.5) is 23.1 Å². The number of rotatable bonds is 9. The highest BCUT2D eigenvalue weighted by Crippen LogP contribution is 2.34. The van der Waals surface area contributed by atoms with E-state index in [0.29, 0.717) is 30.1 Å². The molecule has 1 saturated heterocycles. The van der Waals surface area contributed by atoms with Crippen LogP contribution >= 0.6 is 11.6 Å². The van der Waals surface area contributed by atoms with Crippen molar-refractivity contribution >= 4 is 50.7 Å². The van der Waals surface area contributed by atoms with Crippen molar-refractivity contribution in [3.05, 3.63) is 58.7 Å². The summed E-state index contributed by atoms with van der Waals surface area (Å²) in [5.41, 5.74) is 3.27. The molecule has 2 aliphatic rings. The third kappa shape index (κ3) is 7.02. The van der Waals surface area contributed by atoms with Gasteiger partial charge in [-0.1, -0.05) is 23.7 Å². The second-order valence-electron chi connectivity index (χ2n) is 10.8. The van der Waals surface area contributed by atoms with Crippen LogP contribution in [-0.2, 0) is 27.7 Å². The second kappa shape index (κ2) is 13.0. The summed E-state index contributed by atoms with van der Waals surface area (Å²) >= 11 is 6.44. The van der Waals surface area contributed by atoms with Gasteiger partial charge in [-0.05, 0) is 54.7 Å². The molecule has 43 heavy (non-hydrogen) atoms. The maximum absolute atomic E-state index is 13.4. The summed E-state index contributed by atoms with van der Waals surface area (Å²) < 4.78 is 33.7. The normalized spacial score (nSPS) is 17.7. The van der Waals surface area contributed by atoms with E-state index in [1.54, 1.807) is 44.3 Å². The molecule has 2 aromatic carbocycles. The lowest BCUT2D eigenvalue weighted by Crippen LogP contribution is -2.37. The SMILES string of the molecule is COc1cc2c(cc1Nc1ncc(Cl)c(Nc3ccccc3S(=O)(=O)N3CC[C@@H](O)C3)n1)CCN(CC(=O)N(C)C)CC2. The number of hydrogen-bond acceptors (Lipinski definition) is 10. The van der Waals surface area contributed by atoms with Gasteiger partial charge in [-0.2, -0.15) is 9.29 Å². The smallest absolute Gasteiger partial charge is 0.245 e. The summed E-state index contributed by atoms with van der Waals surface area (Å²) in [5.74, 6) is 1.15. The van der Waals surface area contributed by atoms with Crippen LogP contribution in [0.3, 0.4) is 0 Å². The number of anilines is 4. The fourth-order valence-corrected chi connectivity index (χ4v) is 6.96. The molecule has 1 aromatic heterocycles. The highest BCUT2D eigenvalue weighted by atomic mass is 35.5. The molecule has 0 bridgehead atoms. The summed E-state index contributed by atoms with van der Waals surface area (Å²) in [4.78, 5) is 24.9. The summed E-state index contributed by atoms with van der Waals surface area (Å²) in [6, 6.07) is 10.5. The molecule has 0 saturated carbocycles. The summed E-state index contributed by atoms with van der Waals surface area (Å²) in [6.07, 6.45) is 2.69. The zero-order chi connectivity index (χ0) is 30.7. The summed E-state index contributed by atoms with van der Waals surface area (Å²) in [5, 5.41) is 16.4. The Labute approximate surface area is 256 Å². The summed E-state index contributed by atoms with van der Waals surface area (Å²) in [7, 11) is 1.26. The number of carbonyl (C=O) groups is 1. The Morgan fingerprint density at radius 2 is 1.84 bits per heavy atom. The fraction of sp³-hybridized carbons (Fsp3) is 0.414. The highest BCUT2D eigenvalue weighted by Gasteiger charge is 2.33. The number of nitrogens with one attached hydrogen (secondary N) is 2. The Kier molecular flexibility index (Phi) is 9.37. The van der Waals surface area contributed by atoms with E-state index in [-0.39, 0.29) is 40.7 Å². The number of ether oxygens (including phenoxy) is 1. The highest BCUT2D eigenvalue weighted by molar-refractivity contribution is 7.89. The number of nitrogens with zero attached hydrogens (tertiary/aromatic N) is 5. The monoisotopic (exact) mass is 629 g/mol. The second-order valence-corrected chi connectivity index (χ2v) is 13.1. The van der Waals surface area contributed by atoms with Crippen LogP contribution in [0, 0.1) is 0 Å². The number of aliphatic hydroxyl groups excluding tert-OH is 1. The molecule has 5 rings (SSSR count). The molecule has 0 aliphatic carbocycles.